The van der Waals surface area contributed by atoms with E-state index in [1.165, 1.54) is 5.56 Å². The number of aromatic amines is 1. The fourth-order valence-electron chi connectivity index (χ4n) is 2.16. The number of imidazole rings is 1. The van der Waals surface area contributed by atoms with Crippen LogP contribution in [0.5, 0.6) is 0 Å². The molecule has 0 fully saturated rings. The lowest BCUT2D eigenvalue weighted by Crippen LogP contribution is -2.03. The fourth-order valence-corrected chi connectivity index (χ4v) is 2.16. The Balaban J connectivity index is 1.68. The van der Waals surface area contributed by atoms with E-state index < -0.39 is 0 Å². The Morgan fingerprint density at radius 2 is 1.90 bits per heavy atom. The van der Waals surface area contributed by atoms with Crippen molar-refractivity contribution < 1.29 is 0 Å². The molecule has 2 N–H and O–H groups in total. The minimum Gasteiger partial charge on any atom is -0.342 e. The third-order valence-electron chi connectivity index (χ3n) is 3.29. The summed E-state index contributed by atoms with van der Waals surface area (Å²) in [6.45, 7) is 4.06. The smallest absolute Gasteiger partial charge is 0.112 e. The molecule has 0 saturated carbocycles. The second-order valence-corrected chi connectivity index (χ2v) is 5.20. The Bertz CT molecular complexity index is 736. The molecule has 0 aliphatic rings. The lowest BCUT2D eigenvalue weighted by Gasteiger charge is -2.02. The topological polar surface area (TPSA) is 53.1 Å². The first-order valence-electron chi connectivity index (χ1n) is 7.00. The maximum absolute atomic E-state index is 4.56. The van der Waals surface area contributed by atoms with Gasteiger partial charge >= 0.3 is 0 Å². The van der Waals surface area contributed by atoms with Gasteiger partial charge in [-0.05, 0) is 38.1 Å². The summed E-state index contributed by atoms with van der Waals surface area (Å²) in [5.41, 5.74) is 8.34. The molecule has 0 amide bonds. The molecular formula is C17H18N4. The van der Waals surface area contributed by atoms with Crippen LogP contribution in [-0.2, 0) is 6.42 Å². The lowest BCUT2D eigenvalue weighted by atomic mass is 10.2. The SMILES string of the molecule is C/C(Cc1nc2ccccc2[nH]1)=N\Nc1ccc(C)cc1. The van der Waals surface area contributed by atoms with Crippen LogP contribution in [0, 0.1) is 6.92 Å². The molecule has 106 valence electrons. The number of nitrogens with zero attached hydrogens (tertiary/aromatic N) is 2. The van der Waals surface area contributed by atoms with Crippen LogP contribution in [0.2, 0.25) is 0 Å². The van der Waals surface area contributed by atoms with Crippen LogP contribution in [0.15, 0.2) is 53.6 Å². The average molecular weight is 278 g/mol. The minimum atomic E-state index is 0.702. The van der Waals surface area contributed by atoms with Crippen LogP contribution in [0.3, 0.4) is 0 Å². The molecule has 1 heterocycles. The third kappa shape index (κ3) is 3.28. The van der Waals surface area contributed by atoms with Crippen LogP contribution in [0.25, 0.3) is 11.0 Å². The van der Waals surface area contributed by atoms with E-state index in [0.29, 0.717) is 6.42 Å². The Labute approximate surface area is 123 Å². The number of hydrogen-bond donors (Lipinski definition) is 2. The maximum Gasteiger partial charge on any atom is 0.112 e. The molecule has 0 radical (unpaired) electrons. The largest absolute Gasteiger partial charge is 0.342 e. The predicted molar refractivity (Wildman–Crippen MR) is 87.7 cm³/mol. The molecule has 0 aliphatic carbocycles. The molecule has 0 unspecified atom stereocenters. The van der Waals surface area contributed by atoms with Gasteiger partial charge in [-0.15, -0.1) is 0 Å². The van der Waals surface area contributed by atoms with E-state index >= 15 is 0 Å². The Hall–Kier alpha value is -2.62. The van der Waals surface area contributed by atoms with Crippen molar-refractivity contribution >= 4 is 22.4 Å². The average Bonchev–Trinajstić information content (AvgIpc) is 2.88. The number of aryl methyl sites for hydroxylation is 1. The van der Waals surface area contributed by atoms with E-state index in [9.17, 15) is 0 Å². The number of H-pyrrole nitrogens is 1. The molecule has 0 spiro atoms. The predicted octanol–water partition coefficient (Wildman–Crippen LogP) is 3.90. The van der Waals surface area contributed by atoms with E-state index in [1.807, 2.05) is 43.3 Å². The first-order chi connectivity index (χ1) is 10.2. The highest BCUT2D eigenvalue weighted by Gasteiger charge is 2.03. The highest BCUT2D eigenvalue weighted by Crippen LogP contribution is 2.11. The molecule has 2 aromatic carbocycles. The van der Waals surface area contributed by atoms with E-state index in [0.717, 1.165) is 28.3 Å². The number of para-hydroxylation sites is 2. The maximum atomic E-state index is 4.56. The van der Waals surface area contributed by atoms with Gasteiger partial charge in [0, 0.05) is 12.1 Å². The van der Waals surface area contributed by atoms with Crippen molar-refractivity contribution in [3.8, 4) is 0 Å². The molecule has 3 rings (SSSR count). The summed E-state index contributed by atoms with van der Waals surface area (Å²) < 4.78 is 0. The Morgan fingerprint density at radius 1 is 1.14 bits per heavy atom. The van der Waals surface area contributed by atoms with E-state index in [2.05, 4.69) is 39.6 Å². The number of benzene rings is 2. The van der Waals surface area contributed by atoms with Crippen LogP contribution in [0.4, 0.5) is 5.69 Å². The number of anilines is 1. The molecule has 4 nitrogen and oxygen atoms in total. The summed E-state index contributed by atoms with van der Waals surface area (Å²) in [6, 6.07) is 16.2. The fraction of sp³-hybridized carbons (Fsp3) is 0.176. The van der Waals surface area contributed by atoms with Crippen LogP contribution >= 0.6 is 0 Å². The number of fused-ring (bicyclic) bond motifs is 1. The molecule has 0 bridgehead atoms. The van der Waals surface area contributed by atoms with Crippen molar-refractivity contribution in [3.05, 3.63) is 59.9 Å². The summed E-state index contributed by atoms with van der Waals surface area (Å²) in [4.78, 5) is 7.87. The van der Waals surface area contributed by atoms with Gasteiger partial charge in [-0.3, -0.25) is 5.43 Å². The van der Waals surface area contributed by atoms with Crippen molar-refractivity contribution in [1.29, 1.82) is 0 Å². The highest BCUT2D eigenvalue weighted by atomic mass is 15.3. The molecule has 21 heavy (non-hydrogen) atoms. The second kappa shape index (κ2) is 5.79. The van der Waals surface area contributed by atoms with Crippen molar-refractivity contribution in [3.63, 3.8) is 0 Å². The second-order valence-electron chi connectivity index (χ2n) is 5.20. The molecular weight excluding hydrogens is 260 g/mol. The standard InChI is InChI=1S/C17H18N4/c1-12-7-9-14(10-8-12)21-20-13(2)11-17-18-15-5-3-4-6-16(15)19-17/h3-10,21H,11H2,1-2H3,(H,18,19)/b20-13+. The summed E-state index contributed by atoms with van der Waals surface area (Å²) in [7, 11) is 0. The van der Waals surface area contributed by atoms with Crippen molar-refractivity contribution in [2.75, 3.05) is 5.43 Å². The van der Waals surface area contributed by atoms with Gasteiger partial charge < -0.3 is 4.98 Å². The van der Waals surface area contributed by atoms with E-state index in [-0.39, 0.29) is 0 Å². The van der Waals surface area contributed by atoms with E-state index in [4.69, 9.17) is 0 Å². The Kier molecular flexibility index (Phi) is 3.69. The number of rotatable bonds is 4. The van der Waals surface area contributed by atoms with Gasteiger partial charge in [-0.25, -0.2) is 4.98 Å². The minimum absolute atomic E-state index is 0.702. The molecule has 1 aromatic heterocycles. The van der Waals surface area contributed by atoms with Crippen LogP contribution in [-0.4, -0.2) is 15.7 Å². The summed E-state index contributed by atoms with van der Waals surface area (Å²) in [6.07, 6.45) is 0.702. The number of nitrogens with one attached hydrogen (secondary N) is 2. The normalized spacial score (nSPS) is 11.8. The molecule has 4 heteroatoms. The summed E-state index contributed by atoms with van der Waals surface area (Å²) in [5.74, 6) is 0.933. The van der Waals surface area contributed by atoms with Gasteiger partial charge in [0.25, 0.3) is 0 Å². The quantitative estimate of drug-likeness (QED) is 0.561. The van der Waals surface area contributed by atoms with Crippen molar-refractivity contribution in [2.24, 2.45) is 5.10 Å². The van der Waals surface area contributed by atoms with Gasteiger partial charge in [-0.2, -0.15) is 5.10 Å². The first-order valence-corrected chi connectivity index (χ1v) is 7.00. The Morgan fingerprint density at radius 3 is 2.67 bits per heavy atom. The van der Waals surface area contributed by atoms with Crippen molar-refractivity contribution in [1.82, 2.24) is 9.97 Å². The lowest BCUT2D eigenvalue weighted by molar-refractivity contribution is 1.09. The van der Waals surface area contributed by atoms with Gasteiger partial charge in [0.15, 0.2) is 0 Å². The summed E-state index contributed by atoms with van der Waals surface area (Å²) in [5, 5.41) is 4.40. The van der Waals surface area contributed by atoms with Gasteiger partial charge in [-0.1, -0.05) is 29.8 Å². The van der Waals surface area contributed by atoms with E-state index in [1.54, 1.807) is 0 Å². The first kappa shape index (κ1) is 13.4. The number of aromatic nitrogens is 2. The van der Waals surface area contributed by atoms with Crippen LogP contribution in [0.1, 0.15) is 18.3 Å². The van der Waals surface area contributed by atoms with Crippen molar-refractivity contribution in [2.45, 2.75) is 20.3 Å². The van der Waals surface area contributed by atoms with Crippen LogP contribution < -0.4 is 5.43 Å². The van der Waals surface area contributed by atoms with Gasteiger partial charge in [0.1, 0.15) is 5.82 Å². The summed E-state index contributed by atoms with van der Waals surface area (Å²) >= 11 is 0. The zero-order valence-corrected chi connectivity index (χ0v) is 12.2. The molecule has 0 saturated heterocycles. The molecule has 0 aliphatic heterocycles. The third-order valence-corrected chi connectivity index (χ3v) is 3.29. The number of hydrogen-bond acceptors (Lipinski definition) is 3. The monoisotopic (exact) mass is 278 g/mol. The van der Waals surface area contributed by atoms with Gasteiger partial charge in [0.05, 0.1) is 16.7 Å². The molecule has 3 aromatic rings. The zero-order chi connectivity index (χ0) is 14.7. The van der Waals surface area contributed by atoms with Gasteiger partial charge in [0.2, 0.25) is 0 Å². The number of hydrazone groups is 1. The molecule has 0 atom stereocenters. The highest BCUT2D eigenvalue weighted by molar-refractivity contribution is 5.85. The zero-order valence-electron chi connectivity index (χ0n) is 12.2.